The lowest BCUT2D eigenvalue weighted by molar-refractivity contribution is -0.107. The van der Waals surface area contributed by atoms with Crippen LogP contribution in [-0.2, 0) is 11.2 Å². The van der Waals surface area contributed by atoms with Crippen LogP contribution >= 0.6 is 0 Å². The molecule has 13 heavy (non-hydrogen) atoms. The van der Waals surface area contributed by atoms with Gasteiger partial charge in [-0.15, -0.1) is 0 Å². The molecule has 0 saturated carbocycles. The van der Waals surface area contributed by atoms with Crippen molar-refractivity contribution < 1.29 is 4.79 Å². The molecule has 0 radical (unpaired) electrons. The summed E-state index contributed by atoms with van der Waals surface area (Å²) in [7, 11) is 1.87. The van der Waals surface area contributed by atoms with Crippen LogP contribution in [0.25, 0.3) is 0 Å². The fourth-order valence-electron chi connectivity index (χ4n) is 0.904. The van der Waals surface area contributed by atoms with Crippen LogP contribution in [0.5, 0.6) is 0 Å². The van der Waals surface area contributed by atoms with Crippen LogP contribution in [0.2, 0.25) is 0 Å². The van der Waals surface area contributed by atoms with Gasteiger partial charge in [-0.1, -0.05) is 26.0 Å². The molecular formula is C11H17NO. The molecule has 2 heteroatoms. The second-order valence-corrected chi connectivity index (χ2v) is 2.32. The highest BCUT2D eigenvalue weighted by molar-refractivity contribution is 5.56. The van der Waals surface area contributed by atoms with Crippen molar-refractivity contribution >= 4 is 12.0 Å². The van der Waals surface area contributed by atoms with Gasteiger partial charge in [0.2, 0.25) is 0 Å². The van der Waals surface area contributed by atoms with E-state index in [4.69, 9.17) is 0 Å². The topological polar surface area (TPSA) is 29.1 Å². The Kier molecular flexibility index (Phi) is 6.60. The lowest BCUT2D eigenvalue weighted by atomic mass is 10.1. The molecule has 0 spiro atoms. The van der Waals surface area contributed by atoms with E-state index in [9.17, 15) is 4.79 Å². The number of carbonyl (C=O) groups is 1. The number of hydrogen-bond donors (Lipinski definition) is 1. The highest BCUT2D eigenvalue weighted by atomic mass is 16.1. The van der Waals surface area contributed by atoms with Gasteiger partial charge in [-0.05, 0) is 17.7 Å². The molecule has 0 heterocycles. The van der Waals surface area contributed by atoms with Gasteiger partial charge in [0.1, 0.15) is 6.29 Å². The largest absolute Gasteiger partial charge is 0.388 e. The first-order valence-electron chi connectivity index (χ1n) is 4.57. The van der Waals surface area contributed by atoms with Crippen molar-refractivity contribution in [2.24, 2.45) is 0 Å². The maximum absolute atomic E-state index is 10.1. The average Bonchev–Trinajstić information content (AvgIpc) is 2.23. The Morgan fingerprint density at radius 1 is 1.23 bits per heavy atom. The van der Waals surface area contributed by atoms with E-state index in [1.807, 2.05) is 45.2 Å². The fraction of sp³-hybridized carbons (Fsp3) is 0.364. The quantitative estimate of drug-likeness (QED) is 0.722. The Balaban J connectivity index is 0.000000671. The number of hydrogen-bond acceptors (Lipinski definition) is 2. The van der Waals surface area contributed by atoms with Crippen LogP contribution in [0.4, 0.5) is 5.69 Å². The van der Waals surface area contributed by atoms with Crippen LogP contribution in [-0.4, -0.2) is 13.3 Å². The molecule has 0 aromatic heterocycles. The van der Waals surface area contributed by atoms with E-state index in [1.54, 1.807) is 0 Å². The van der Waals surface area contributed by atoms with Gasteiger partial charge in [0.15, 0.2) is 0 Å². The lowest BCUT2D eigenvalue weighted by Crippen LogP contribution is -1.89. The number of carbonyl (C=O) groups excluding carboxylic acids is 1. The van der Waals surface area contributed by atoms with Gasteiger partial charge >= 0.3 is 0 Å². The predicted molar refractivity (Wildman–Crippen MR) is 57.1 cm³/mol. The first-order chi connectivity index (χ1) is 6.36. The Hall–Kier alpha value is -1.31. The van der Waals surface area contributed by atoms with E-state index >= 15 is 0 Å². The number of benzene rings is 1. The lowest BCUT2D eigenvalue weighted by Gasteiger charge is -1.99. The molecule has 0 aliphatic rings. The number of nitrogens with one attached hydrogen (secondary N) is 1. The molecule has 0 amide bonds. The summed E-state index contributed by atoms with van der Waals surface area (Å²) in [5.74, 6) is 0. The van der Waals surface area contributed by atoms with Gasteiger partial charge in [-0.2, -0.15) is 0 Å². The van der Waals surface area contributed by atoms with Gasteiger partial charge in [-0.3, -0.25) is 0 Å². The van der Waals surface area contributed by atoms with Gasteiger partial charge < -0.3 is 10.1 Å². The van der Waals surface area contributed by atoms with Crippen molar-refractivity contribution in [3.05, 3.63) is 29.8 Å². The molecule has 0 aliphatic heterocycles. The van der Waals surface area contributed by atoms with Crippen LogP contribution in [0.1, 0.15) is 19.4 Å². The molecule has 0 fully saturated rings. The molecule has 1 N–H and O–H groups in total. The van der Waals surface area contributed by atoms with Crippen molar-refractivity contribution in [2.75, 3.05) is 12.4 Å². The Morgan fingerprint density at radius 3 is 2.15 bits per heavy atom. The highest BCUT2D eigenvalue weighted by Crippen LogP contribution is 2.07. The standard InChI is InChI=1S/C9H11NO.C2H6/c1-10-9-4-2-8(3-5-9)6-7-11;1-2/h2-5,7,10H,6H2,1H3;1-2H3. The minimum atomic E-state index is 0.504. The number of anilines is 1. The van der Waals surface area contributed by atoms with Crippen LogP contribution in [0, 0.1) is 0 Å². The van der Waals surface area contributed by atoms with Gasteiger partial charge in [0.05, 0.1) is 0 Å². The fourth-order valence-corrected chi connectivity index (χ4v) is 0.904. The van der Waals surface area contributed by atoms with Gasteiger partial charge in [-0.25, -0.2) is 0 Å². The molecule has 1 aromatic carbocycles. The summed E-state index contributed by atoms with van der Waals surface area (Å²) in [5.41, 5.74) is 2.12. The van der Waals surface area contributed by atoms with Crippen molar-refractivity contribution in [3.63, 3.8) is 0 Å². The maximum Gasteiger partial charge on any atom is 0.124 e. The summed E-state index contributed by atoms with van der Waals surface area (Å²) in [5, 5.41) is 3.01. The monoisotopic (exact) mass is 179 g/mol. The van der Waals surface area contributed by atoms with Gasteiger partial charge in [0.25, 0.3) is 0 Å². The molecule has 0 bridgehead atoms. The van der Waals surface area contributed by atoms with Crippen molar-refractivity contribution in [1.29, 1.82) is 0 Å². The first kappa shape index (κ1) is 11.7. The summed E-state index contributed by atoms with van der Waals surface area (Å²) >= 11 is 0. The molecule has 0 unspecified atom stereocenters. The number of rotatable bonds is 3. The molecule has 1 rings (SSSR count). The van der Waals surface area contributed by atoms with Crippen molar-refractivity contribution in [2.45, 2.75) is 20.3 Å². The van der Waals surface area contributed by atoms with E-state index in [0.29, 0.717) is 6.42 Å². The summed E-state index contributed by atoms with van der Waals surface area (Å²) in [6.45, 7) is 4.00. The van der Waals surface area contributed by atoms with Crippen LogP contribution in [0.15, 0.2) is 24.3 Å². The number of aldehydes is 1. The smallest absolute Gasteiger partial charge is 0.124 e. The zero-order chi connectivity index (χ0) is 10.1. The SMILES string of the molecule is CC.CNc1ccc(CC=O)cc1. The Morgan fingerprint density at radius 2 is 1.77 bits per heavy atom. The normalized spacial score (nSPS) is 8.23. The molecule has 72 valence electrons. The molecule has 1 aromatic rings. The van der Waals surface area contributed by atoms with Gasteiger partial charge in [0, 0.05) is 19.2 Å². The minimum absolute atomic E-state index is 0.504. The summed E-state index contributed by atoms with van der Waals surface area (Å²) < 4.78 is 0. The minimum Gasteiger partial charge on any atom is -0.388 e. The second-order valence-electron chi connectivity index (χ2n) is 2.32. The zero-order valence-corrected chi connectivity index (χ0v) is 8.50. The van der Waals surface area contributed by atoms with Crippen LogP contribution < -0.4 is 5.32 Å². The molecule has 0 aliphatic carbocycles. The molecular weight excluding hydrogens is 162 g/mol. The molecule has 0 saturated heterocycles. The summed E-state index contributed by atoms with van der Waals surface area (Å²) in [6, 6.07) is 7.80. The molecule has 0 atom stereocenters. The van der Waals surface area contributed by atoms with E-state index in [-0.39, 0.29) is 0 Å². The van der Waals surface area contributed by atoms with Crippen molar-refractivity contribution in [1.82, 2.24) is 0 Å². The highest BCUT2D eigenvalue weighted by Gasteiger charge is 1.90. The average molecular weight is 179 g/mol. The third kappa shape index (κ3) is 4.31. The van der Waals surface area contributed by atoms with Crippen molar-refractivity contribution in [3.8, 4) is 0 Å². The summed E-state index contributed by atoms with van der Waals surface area (Å²) in [4.78, 5) is 10.1. The van der Waals surface area contributed by atoms with E-state index in [1.165, 1.54) is 0 Å². The maximum atomic E-state index is 10.1. The third-order valence-corrected chi connectivity index (χ3v) is 1.56. The van der Waals surface area contributed by atoms with Crippen LogP contribution in [0.3, 0.4) is 0 Å². The van der Waals surface area contributed by atoms with E-state index in [0.717, 1.165) is 17.5 Å². The second kappa shape index (κ2) is 7.35. The Labute approximate surface area is 80.0 Å². The Bertz CT molecular complexity index is 228. The third-order valence-electron chi connectivity index (χ3n) is 1.56. The zero-order valence-electron chi connectivity index (χ0n) is 8.50. The predicted octanol–water partition coefficient (Wildman–Crippen LogP) is 2.50. The van der Waals surface area contributed by atoms with E-state index < -0.39 is 0 Å². The molecule has 2 nitrogen and oxygen atoms in total. The first-order valence-corrected chi connectivity index (χ1v) is 4.57. The van der Waals surface area contributed by atoms with E-state index in [2.05, 4.69) is 5.32 Å². The summed E-state index contributed by atoms with van der Waals surface area (Å²) in [6.07, 6.45) is 1.42.